The van der Waals surface area contributed by atoms with Crippen LogP contribution in [0.25, 0.3) is 99.5 Å². The van der Waals surface area contributed by atoms with Crippen LogP contribution in [0.15, 0.2) is 256 Å². The first-order valence-corrected chi connectivity index (χ1v) is 45.7. The molecule has 122 heavy (non-hydrogen) atoms. The Morgan fingerprint density at radius 3 is 1.30 bits per heavy atom. The van der Waals surface area contributed by atoms with Crippen LogP contribution < -0.4 is 24.7 Å². The lowest BCUT2D eigenvalue weighted by Crippen LogP contribution is -2.38. The molecule has 2 unspecified atom stereocenters. The number of halogens is 12. The maximum atomic E-state index is 13.8. The third-order valence-electron chi connectivity index (χ3n) is 17.8. The van der Waals surface area contributed by atoms with E-state index >= 15 is 0 Å². The number of rotatable bonds is 18. The number of nitrogens with two attached hydrogens (primary N) is 1. The summed E-state index contributed by atoms with van der Waals surface area (Å²) in [7, 11) is -4.72. The van der Waals surface area contributed by atoms with Crippen LogP contribution in [0, 0.1) is 17.5 Å². The molecule has 5 aromatic heterocycles. The van der Waals surface area contributed by atoms with Crippen LogP contribution in [0.1, 0.15) is 19.4 Å². The first-order chi connectivity index (χ1) is 58.2. The van der Waals surface area contributed by atoms with Gasteiger partial charge < -0.3 is 29.0 Å². The Kier molecular flexibility index (Phi) is 29.9. The smallest absolute Gasteiger partial charge is 0.357 e. The van der Waals surface area contributed by atoms with Crippen molar-refractivity contribution in [2.24, 2.45) is 0 Å². The van der Waals surface area contributed by atoms with E-state index in [1.54, 1.807) is 94.5 Å². The summed E-state index contributed by atoms with van der Waals surface area (Å²) in [5.41, 5.74) is 14.2. The molecule has 15 aromatic rings. The number of urea groups is 1. The highest BCUT2D eigenvalue weighted by Crippen LogP contribution is 2.51. The zero-order valence-corrected chi connectivity index (χ0v) is 76.3. The van der Waals surface area contributed by atoms with Crippen molar-refractivity contribution in [2.75, 3.05) is 31.8 Å². The van der Waals surface area contributed by atoms with Crippen molar-refractivity contribution in [1.29, 1.82) is 0 Å². The van der Waals surface area contributed by atoms with Gasteiger partial charge in [0.2, 0.25) is 0 Å². The zero-order chi connectivity index (χ0) is 87.6. The second-order valence-electron chi connectivity index (χ2n) is 26.0. The second-order valence-corrected chi connectivity index (χ2v) is 36.6. The lowest BCUT2D eigenvalue weighted by Gasteiger charge is -2.18. The third kappa shape index (κ3) is 21.2. The Hall–Kier alpha value is -9.74. The van der Waals surface area contributed by atoms with Gasteiger partial charge in [-0.15, -0.1) is 42.4 Å². The first-order valence-electron chi connectivity index (χ1n) is 34.9. The fourth-order valence-electron chi connectivity index (χ4n) is 12.0. The number of carbonyl (C=O) groups is 2. The summed E-state index contributed by atoms with van der Waals surface area (Å²) in [4.78, 5) is 22.8. The van der Waals surface area contributed by atoms with Crippen molar-refractivity contribution in [1.82, 2.24) is 49.7 Å². The Morgan fingerprint density at radius 2 is 0.943 bits per heavy atom. The molecule has 1 aliphatic rings. The lowest BCUT2D eigenvalue weighted by molar-refractivity contribution is -0.127. The molecule has 41 heteroatoms. The molecule has 3 amide bonds. The Morgan fingerprint density at radius 1 is 0.525 bits per heavy atom. The number of sulfonamides is 1. The van der Waals surface area contributed by atoms with Gasteiger partial charge in [0.05, 0.1) is 47.7 Å². The number of ether oxygens (including phenoxy) is 3. The Labute approximate surface area is 751 Å². The van der Waals surface area contributed by atoms with Crippen molar-refractivity contribution in [3.05, 3.63) is 271 Å². The highest BCUT2D eigenvalue weighted by Gasteiger charge is 2.51. The van der Waals surface area contributed by atoms with E-state index in [1.165, 1.54) is 119 Å². The molecule has 3 N–H and O–H groups in total. The van der Waals surface area contributed by atoms with E-state index in [0.29, 0.717) is 128 Å². The summed E-state index contributed by atoms with van der Waals surface area (Å²) < 4.78 is 140. The van der Waals surface area contributed by atoms with Gasteiger partial charge in [0.15, 0.2) is 11.6 Å². The number of imide groups is 1. The predicted molar refractivity (Wildman–Crippen MR) is 479 cm³/mol. The molecular weight excluding hydrogens is 1980 g/mol. The number of nitrogens with zero attached hydrogens (tertiary/aromatic N) is 10. The van der Waals surface area contributed by atoms with Crippen LogP contribution in [0.4, 0.5) is 33.8 Å². The molecule has 2 atom stereocenters. The highest BCUT2D eigenvalue weighted by molar-refractivity contribution is 9.11. The average molecular weight is 2040 g/mol. The first kappa shape index (κ1) is 91.5. The molecule has 1 aliphatic heterocycles. The summed E-state index contributed by atoms with van der Waals surface area (Å²) in [6, 6.07) is 56.1. The maximum Gasteiger partial charge on any atom is 0.357 e. The van der Waals surface area contributed by atoms with E-state index in [4.69, 9.17) is 78.3 Å². The summed E-state index contributed by atoms with van der Waals surface area (Å²) >= 11 is 42.8. The fourth-order valence-corrected chi connectivity index (χ4v) is 19.4. The van der Waals surface area contributed by atoms with Gasteiger partial charge in [0.25, 0.3) is 24.1 Å². The monoisotopic (exact) mass is 2040 g/mol. The normalized spacial score (nSPS) is 12.6. The number of anilines is 2. The number of nitrogen functional groups attached to an aromatic ring is 1. The van der Waals surface area contributed by atoms with Crippen LogP contribution in [0.5, 0.6) is 17.2 Å². The minimum absolute atomic E-state index is 0.0352. The second kappa shape index (κ2) is 39.8. The molecule has 24 nitrogen and oxygen atoms in total. The number of carbonyl (C=O) groups excluding carboxylic acids is 2. The van der Waals surface area contributed by atoms with Gasteiger partial charge in [0.1, 0.15) is 66.6 Å². The standard InChI is InChI=1S/C28H19BrClFN2OS.C24H15BrClFN4O4S.C21H14BrClF2N2O4P2S.C5H6Cl2N2O2.C3H4N2O/c1-34-26-15-22(18-8-5-9-19(31)12-18)24(30)14-23(26)27-21-11-10-20(13-25(21)32-33-28(27)29)35-16-17-6-3-2-4-7-17;1-34-21-12-17(13-3-2-4-14(27)9-13)19(26)11-18(21)23-16-6-5-15(10-20(16)28-29-24(23)25)36(32,33)31-22-7-8-35-30-22;1-30-19-10-15(11-3-2-4-12(24)7-11)17(23)9-16(19)20-14-6-5-13(34(28,29)31-33(25)32)8-18(14)26-27-21(20)22;1-5(2)3(10)8(6)4(11)9(5)7;4-3-1-2-6-5-3/h2-15H,16H2,1H3;2-12H,1H3,(H,30,31);2-10H,32H2,1H3;1-2H3;1-2H,(H2,4,5). The zero-order valence-electron chi connectivity index (χ0n) is 63.2. The molecule has 0 aliphatic carbocycles. The number of hydrogen-bond acceptors (Lipinski definition) is 22. The summed E-state index contributed by atoms with van der Waals surface area (Å²) in [5, 5.41) is 35.3. The van der Waals surface area contributed by atoms with E-state index < -0.39 is 51.6 Å². The van der Waals surface area contributed by atoms with Crippen molar-refractivity contribution < 1.29 is 71.0 Å². The van der Waals surface area contributed by atoms with Crippen molar-refractivity contribution in [2.45, 2.75) is 39.8 Å². The Bertz CT molecular complexity index is 6710. The van der Waals surface area contributed by atoms with Crippen LogP contribution in [-0.4, -0.2) is 105 Å². The van der Waals surface area contributed by atoms with E-state index in [9.17, 15) is 43.8 Å². The number of nitrogens with one attached hydrogen (secondary N) is 1. The largest absolute Gasteiger partial charge is 0.496 e. The molecular formula is C81H58Br3Cl5F4N12O12P2S3. The highest BCUT2D eigenvalue weighted by atomic mass is 79.9. The molecule has 0 saturated carbocycles. The van der Waals surface area contributed by atoms with Crippen molar-refractivity contribution >= 4 is 211 Å². The van der Waals surface area contributed by atoms with Crippen molar-refractivity contribution in [3.63, 3.8) is 0 Å². The van der Waals surface area contributed by atoms with Crippen LogP contribution in [0.2, 0.25) is 15.1 Å². The number of aromatic nitrogens is 8. The van der Waals surface area contributed by atoms with Gasteiger partial charge in [-0.25, -0.2) is 34.8 Å². The molecule has 626 valence electrons. The lowest BCUT2D eigenvalue weighted by atomic mass is 9.97. The van der Waals surface area contributed by atoms with E-state index in [2.05, 4.69) is 125 Å². The van der Waals surface area contributed by atoms with Gasteiger partial charge in [-0.05, 0) is 202 Å². The fraction of sp³-hybridized carbons (Fsp3) is 0.0864. The molecule has 0 bridgehead atoms. The molecule has 10 aromatic carbocycles. The number of thioether (sulfide) groups is 1. The molecule has 0 radical (unpaired) electrons. The average Bonchev–Trinajstić information content (AvgIpc) is 1.11. The summed E-state index contributed by atoms with van der Waals surface area (Å²) in [5.74, 6) is 1.20. The van der Waals surface area contributed by atoms with Crippen molar-refractivity contribution in [3.8, 4) is 84.0 Å². The Balaban J connectivity index is 0.000000152. The van der Waals surface area contributed by atoms with Gasteiger partial charge in [0, 0.05) is 128 Å². The van der Waals surface area contributed by atoms with Crippen LogP contribution in [0.3, 0.4) is 0 Å². The van der Waals surface area contributed by atoms with Gasteiger partial charge in [-0.1, -0.05) is 130 Å². The van der Waals surface area contributed by atoms with E-state index in [0.717, 1.165) is 37.1 Å². The predicted octanol–water partition coefficient (Wildman–Crippen LogP) is 24.0. The number of benzene rings is 10. The SMILES string of the molecule is CC1(C)C(=O)N(Cl)C(=O)N1Cl.COc1cc(-c2cccc(F)c2)c(Cl)cc1-c1c(Br)nnc2cc(S(=O)(=O)Nc3ccon3)ccc12.COc1cc(-c2cccc(F)c2)c(Cl)cc1-c1c(Br)nnc2cc(S(=O)(=O)OP(F)P)ccc12.COc1cc(-c2cccc(F)c2)c(Cl)cc1-c1c(Br)nnc2cc(SCc3ccccc3)ccc12.Nc1ccon1. The number of fused-ring (bicyclic) bond motifs is 3. The topological polar surface area (TPSA) is 313 Å². The van der Waals surface area contributed by atoms with E-state index in [1.807, 2.05) is 48.5 Å². The van der Waals surface area contributed by atoms with Crippen LogP contribution >= 0.6 is 135 Å². The number of amides is 3. The van der Waals surface area contributed by atoms with Gasteiger partial charge >= 0.3 is 16.1 Å². The third-order valence-corrected chi connectivity index (χ3v) is 26.7. The maximum absolute atomic E-state index is 13.8. The minimum Gasteiger partial charge on any atom is -0.496 e. The molecule has 1 saturated heterocycles. The molecule has 0 spiro atoms. The quantitative estimate of drug-likeness (QED) is 0.0265. The van der Waals surface area contributed by atoms with Gasteiger partial charge in [-0.2, -0.15) is 17.0 Å². The number of hydrogen-bond donors (Lipinski definition) is 2. The molecule has 1 fully saturated rings. The summed E-state index contributed by atoms with van der Waals surface area (Å²) in [6.07, 6.45) is 2.68. The molecule has 16 rings (SSSR count). The van der Waals surface area contributed by atoms with Gasteiger partial charge in [-0.3, -0.25) is 9.52 Å². The molecule has 6 heterocycles. The van der Waals surface area contributed by atoms with Crippen LogP contribution in [-0.2, 0) is 34.7 Å². The number of methoxy groups -OCH3 is 3. The van der Waals surface area contributed by atoms with E-state index in [-0.39, 0.29) is 32.8 Å². The minimum atomic E-state index is -4.32. The summed E-state index contributed by atoms with van der Waals surface area (Å²) in [6.45, 7) is 3.03.